The summed E-state index contributed by atoms with van der Waals surface area (Å²) in [5.41, 5.74) is 6.53. The Balaban J connectivity index is 1.50. The maximum atomic E-state index is 11.9. The van der Waals surface area contributed by atoms with Crippen molar-refractivity contribution in [3.8, 4) is 0 Å². The van der Waals surface area contributed by atoms with E-state index in [1.165, 1.54) is 12.5 Å². The summed E-state index contributed by atoms with van der Waals surface area (Å²) in [6.07, 6.45) is 4.30. The maximum absolute atomic E-state index is 11.9. The van der Waals surface area contributed by atoms with Crippen molar-refractivity contribution in [1.82, 2.24) is 5.32 Å². The van der Waals surface area contributed by atoms with Gasteiger partial charge in [0, 0.05) is 24.1 Å². The Kier molecular flexibility index (Phi) is 4.51. The largest absolute Gasteiger partial charge is 0.461 e. The van der Waals surface area contributed by atoms with Crippen LogP contribution in [0.5, 0.6) is 0 Å². The molecule has 0 aliphatic heterocycles. The van der Waals surface area contributed by atoms with E-state index in [2.05, 4.69) is 12.2 Å². The van der Waals surface area contributed by atoms with E-state index in [0.717, 1.165) is 11.3 Å². The molecule has 0 bridgehead atoms. The van der Waals surface area contributed by atoms with Crippen LogP contribution in [0.1, 0.15) is 46.7 Å². The Morgan fingerprint density at radius 2 is 1.96 bits per heavy atom. The summed E-state index contributed by atoms with van der Waals surface area (Å²) in [7, 11) is 0. The molecule has 124 valence electrons. The van der Waals surface area contributed by atoms with Gasteiger partial charge in [0.05, 0.1) is 0 Å². The number of carbonyl (C=O) groups is 2. The fraction of sp³-hybridized carbons (Fsp3) is 0.263. The Labute approximate surface area is 140 Å². The third-order valence-electron chi connectivity index (χ3n) is 4.23. The van der Waals surface area contributed by atoms with Crippen molar-refractivity contribution in [3.63, 3.8) is 0 Å². The van der Waals surface area contributed by atoms with Crippen molar-refractivity contribution in [2.24, 2.45) is 11.7 Å². The quantitative estimate of drug-likeness (QED) is 0.801. The van der Waals surface area contributed by atoms with Gasteiger partial charge in [-0.15, -0.1) is 0 Å². The Morgan fingerprint density at radius 3 is 2.58 bits per heavy atom. The van der Waals surface area contributed by atoms with Gasteiger partial charge in [0.25, 0.3) is 0 Å². The van der Waals surface area contributed by atoms with Gasteiger partial charge < -0.3 is 15.5 Å². The molecule has 0 radical (unpaired) electrons. The molecule has 3 N–H and O–H groups in total. The number of hydrogen-bond donors (Lipinski definition) is 2. The first kappa shape index (κ1) is 16.1. The molecule has 1 saturated carbocycles. The number of furan rings is 1. The number of carbonyl (C=O) groups excluding carboxylic acids is 2. The minimum atomic E-state index is -0.466. The maximum Gasteiger partial charge on any atom is 0.248 e. The average molecular weight is 324 g/mol. The lowest BCUT2D eigenvalue weighted by molar-refractivity contribution is -0.116. The monoisotopic (exact) mass is 324 g/mol. The first-order chi connectivity index (χ1) is 11.5. The molecule has 1 aromatic heterocycles. The highest BCUT2D eigenvalue weighted by Gasteiger charge is 2.36. The van der Waals surface area contributed by atoms with Crippen LogP contribution in [0.25, 0.3) is 6.08 Å². The normalized spacial score (nSPS) is 19.4. The first-order valence-corrected chi connectivity index (χ1v) is 7.97. The highest BCUT2D eigenvalue weighted by molar-refractivity contribution is 5.93. The number of benzene rings is 1. The fourth-order valence-corrected chi connectivity index (χ4v) is 2.57. The van der Waals surface area contributed by atoms with Crippen molar-refractivity contribution >= 4 is 17.9 Å². The van der Waals surface area contributed by atoms with Crippen molar-refractivity contribution in [3.05, 3.63) is 65.1 Å². The average Bonchev–Trinajstić information content (AvgIpc) is 3.11. The zero-order chi connectivity index (χ0) is 17.1. The van der Waals surface area contributed by atoms with Crippen molar-refractivity contribution < 1.29 is 14.0 Å². The van der Waals surface area contributed by atoms with Gasteiger partial charge in [0.15, 0.2) is 0 Å². The smallest absolute Gasteiger partial charge is 0.248 e. The third kappa shape index (κ3) is 3.93. The van der Waals surface area contributed by atoms with Crippen LogP contribution in [0, 0.1) is 5.92 Å². The van der Waals surface area contributed by atoms with E-state index in [9.17, 15) is 9.59 Å². The Morgan fingerprint density at radius 1 is 1.25 bits per heavy atom. The molecular weight excluding hydrogens is 304 g/mol. The van der Waals surface area contributed by atoms with Gasteiger partial charge in [-0.3, -0.25) is 9.59 Å². The van der Waals surface area contributed by atoms with E-state index >= 15 is 0 Å². The zero-order valence-electron chi connectivity index (χ0n) is 13.5. The van der Waals surface area contributed by atoms with Crippen LogP contribution < -0.4 is 11.1 Å². The second kappa shape index (κ2) is 6.74. The second-order valence-electron chi connectivity index (χ2n) is 6.17. The van der Waals surface area contributed by atoms with Gasteiger partial charge in [-0.25, -0.2) is 0 Å². The molecule has 5 nitrogen and oxygen atoms in total. The van der Waals surface area contributed by atoms with Gasteiger partial charge in [-0.1, -0.05) is 19.1 Å². The minimum Gasteiger partial charge on any atom is -0.461 e. The third-order valence-corrected chi connectivity index (χ3v) is 4.23. The van der Waals surface area contributed by atoms with Crippen molar-refractivity contribution in [1.29, 1.82) is 0 Å². The molecule has 5 heteroatoms. The highest BCUT2D eigenvalue weighted by Crippen LogP contribution is 2.47. The number of nitrogens with two attached hydrogens (primary N) is 1. The zero-order valence-corrected chi connectivity index (χ0v) is 13.5. The van der Waals surface area contributed by atoms with Crippen LogP contribution >= 0.6 is 0 Å². The minimum absolute atomic E-state index is 0.202. The van der Waals surface area contributed by atoms with Gasteiger partial charge in [-0.2, -0.15) is 0 Å². The summed E-state index contributed by atoms with van der Waals surface area (Å²) in [5.74, 6) is 2.24. The molecule has 1 aromatic carbocycles. The van der Waals surface area contributed by atoms with Crippen LogP contribution in [0.3, 0.4) is 0 Å². The van der Waals surface area contributed by atoms with Crippen LogP contribution in [-0.4, -0.2) is 11.8 Å². The molecule has 1 fully saturated rings. The van der Waals surface area contributed by atoms with E-state index < -0.39 is 5.91 Å². The molecule has 1 aliphatic rings. The van der Waals surface area contributed by atoms with Crippen LogP contribution in [-0.2, 0) is 11.3 Å². The Bertz CT molecular complexity index is 774. The lowest BCUT2D eigenvalue weighted by Gasteiger charge is -2.03. The van der Waals surface area contributed by atoms with Gasteiger partial charge in [0.2, 0.25) is 11.8 Å². The van der Waals surface area contributed by atoms with E-state index in [4.69, 9.17) is 10.2 Å². The van der Waals surface area contributed by atoms with Gasteiger partial charge in [-0.05, 0) is 48.2 Å². The first-order valence-electron chi connectivity index (χ1n) is 7.97. The fourth-order valence-electron chi connectivity index (χ4n) is 2.57. The van der Waals surface area contributed by atoms with Crippen molar-refractivity contribution in [2.75, 3.05) is 0 Å². The molecular formula is C19H20N2O3. The number of rotatable bonds is 6. The molecule has 2 atom stereocenters. The number of primary amides is 1. The molecule has 3 rings (SSSR count). The predicted molar refractivity (Wildman–Crippen MR) is 91.1 cm³/mol. The summed E-state index contributed by atoms with van der Waals surface area (Å²) >= 11 is 0. The highest BCUT2D eigenvalue weighted by atomic mass is 16.3. The lowest BCUT2D eigenvalue weighted by atomic mass is 10.1. The molecule has 1 aliphatic carbocycles. The van der Waals surface area contributed by atoms with Crippen molar-refractivity contribution in [2.45, 2.75) is 25.8 Å². The molecule has 1 heterocycles. The second-order valence-corrected chi connectivity index (χ2v) is 6.17. The standard InChI is InChI=1S/C19H20N2O3/c1-12-10-16(12)17-8-6-15(24-17)7-9-18(22)21-11-13-2-4-14(5-3-13)19(20)23/h2-9,12,16H,10-11H2,1H3,(H2,20,23)(H,21,22)/b9-7+/t12-,16+/m0/s1. The summed E-state index contributed by atoms with van der Waals surface area (Å²) in [4.78, 5) is 22.9. The molecule has 0 unspecified atom stereocenters. The molecule has 0 saturated heterocycles. The van der Waals surface area contributed by atoms with E-state index in [-0.39, 0.29) is 5.91 Å². The summed E-state index contributed by atoms with van der Waals surface area (Å²) < 4.78 is 5.72. The van der Waals surface area contributed by atoms with E-state index in [1.54, 1.807) is 30.3 Å². The molecule has 2 amide bonds. The molecule has 24 heavy (non-hydrogen) atoms. The van der Waals surface area contributed by atoms with Crippen LogP contribution in [0.15, 0.2) is 46.9 Å². The lowest BCUT2D eigenvalue weighted by Crippen LogP contribution is -2.20. The SMILES string of the molecule is C[C@H]1C[C@H]1c1ccc(/C=C/C(=O)NCc2ccc(C(N)=O)cc2)o1. The molecule has 0 spiro atoms. The molecule has 2 aromatic rings. The summed E-state index contributed by atoms with van der Waals surface area (Å²) in [6, 6.07) is 10.7. The summed E-state index contributed by atoms with van der Waals surface area (Å²) in [5, 5.41) is 2.78. The Hall–Kier alpha value is -2.82. The van der Waals surface area contributed by atoms with E-state index in [1.807, 2.05) is 12.1 Å². The van der Waals surface area contributed by atoms with Gasteiger partial charge >= 0.3 is 0 Å². The predicted octanol–water partition coefficient (Wildman–Crippen LogP) is 2.83. The number of nitrogens with one attached hydrogen (secondary N) is 1. The van der Waals surface area contributed by atoms with Gasteiger partial charge in [0.1, 0.15) is 11.5 Å². The topological polar surface area (TPSA) is 85.3 Å². The summed E-state index contributed by atoms with van der Waals surface area (Å²) in [6.45, 7) is 2.58. The number of hydrogen-bond acceptors (Lipinski definition) is 3. The van der Waals surface area contributed by atoms with Crippen LogP contribution in [0.2, 0.25) is 0 Å². The van der Waals surface area contributed by atoms with E-state index in [0.29, 0.717) is 29.7 Å². The van der Waals surface area contributed by atoms with Crippen LogP contribution in [0.4, 0.5) is 0 Å². The number of amides is 2.